The molecule has 0 aromatic carbocycles. The van der Waals surface area contributed by atoms with Crippen LogP contribution in [0.2, 0.25) is 0 Å². The zero-order valence-electron chi connectivity index (χ0n) is 8.54. The monoisotopic (exact) mass is 222 g/mol. The van der Waals surface area contributed by atoms with Gasteiger partial charge in [0.15, 0.2) is 0 Å². The molecule has 1 saturated heterocycles. The molecule has 4 heteroatoms. The molecule has 78 valence electrons. The highest BCUT2D eigenvalue weighted by Gasteiger charge is 2.17. The number of carbonyl (C=O) groups is 1. The van der Waals surface area contributed by atoms with Gasteiger partial charge in [-0.3, -0.25) is 4.79 Å². The SMILES string of the molecule is CC.COC(=O)CC1SCCCS1. The lowest BCUT2D eigenvalue weighted by Crippen LogP contribution is -2.13. The topological polar surface area (TPSA) is 26.3 Å². The van der Waals surface area contributed by atoms with Crippen LogP contribution in [0.1, 0.15) is 26.7 Å². The summed E-state index contributed by atoms with van der Waals surface area (Å²) >= 11 is 3.74. The number of carbonyl (C=O) groups excluding carboxylic acids is 1. The summed E-state index contributed by atoms with van der Waals surface area (Å²) in [6.07, 6.45) is 1.83. The van der Waals surface area contributed by atoms with Crippen LogP contribution in [0.25, 0.3) is 0 Å². The Bertz CT molecular complexity index is 134. The molecule has 2 nitrogen and oxygen atoms in total. The van der Waals surface area contributed by atoms with Crippen molar-refractivity contribution in [3.8, 4) is 0 Å². The highest BCUT2D eigenvalue weighted by molar-refractivity contribution is 8.17. The van der Waals surface area contributed by atoms with Crippen LogP contribution in [0.4, 0.5) is 0 Å². The van der Waals surface area contributed by atoms with E-state index in [0.717, 1.165) is 0 Å². The van der Waals surface area contributed by atoms with Gasteiger partial charge in [0.1, 0.15) is 0 Å². The lowest BCUT2D eigenvalue weighted by molar-refractivity contribution is -0.140. The normalized spacial score (nSPS) is 17.2. The van der Waals surface area contributed by atoms with Crippen molar-refractivity contribution in [2.24, 2.45) is 0 Å². The molecule has 0 spiro atoms. The molecule has 1 aliphatic heterocycles. The van der Waals surface area contributed by atoms with E-state index in [-0.39, 0.29) is 5.97 Å². The number of rotatable bonds is 2. The van der Waals surface area contributed by atoms with Gasteiger partial charge in [0.05, 0.1) is 18.1 Å². The fourth-order valence-corrected chi connectivity index (χ4v) is 3.67. The minimum absolute atomic E-state index is 0.0862. The number of hydrogen-bond donors (Lipinski definition) is 0. The molecule has 1 fully saturated rings. The van der Waals surface area contributed by atoms with Crippen LogP contribution in [0.5, 0.6) is 0 Å². The Kier molecular flexibility index (Phi) is 8.87. The summed E-state index contributed by atoms with van der Waals surface area (Å²) in [5, 5.41) is 0. The van der Waals surface area contributed by atoms with Crippen molar-refractivity contribution in [3.05, 3.63) is 0 Å². The molecular weight excluding hydrogens is 204 g/mol. The number of thioether (sulfide) groups is 2. The zero-order valence-corrected chi connectivity index (χ0v) is 10.2. The second-order valence-corrected chi connectivity index (χ2v) is 5.22. The van der Waals surface area contributed by atoms with Crippen molar-refractivity contribution in [1.82, 2.24) is 0 Å². The van der Waals surface area contributed by atoms with Crippen molar-refractivity contribution in [3.63, 3.8) is 0 Å². The first-order chi connectivity index (χ1) is 6.33. The van der Waals surface area contributed by atoms with Crippen LogP contribution in [-0.2, 0) is 9.53 Å². The molecule has 1 rings (SSSR count). The van der Waals surface area contributed by atoms with Gasteiger partial charge in [-0.25, -0.2) is 0 Å². The van der Waals surface area contributed by atoms with Gasteiger partial charge in [-0.05, 0) is 17.9 Å². The van der Waals surface area contributed by atoms with Gasteiger partial charge in [-0.1, -0.05) is 13.8 Å². The number of methoxy groups -OCH3 is 1. The first-order valence-corrected chi connectivity index (χ1v) is 6.72. The Labute approximate surface area is 89.2 Å². The standard InChI is InChI=1S/C7H12O2S2.C2H6/c1-9-6(8)5-7-10-3-2-4-11-7;1-2/h7H,2-5H2,1H3;1-2H3. The molecule has 1 aliphatic rings. The van der Waals surface area contributed by atoms with E-state index in [1.807, 2.05) is 37.4 Å². The number of ether oxygens (including phenoxy) is 1. The van der Waals surface area contributed by atoms with Crippen molar-refractivity contribution in [1.29, 1.82) is 0 Å². The van der Waals surface area contributed by atoms with Gasteiger partial charge in [-0.2, -0.15) is 0 Å². The van der Waals surface area contributed by atoms with Gasteiger partial charge < -0.3 is 4.74 Å². The minimum Gasteiger partial charge on any atom is -0.469 e. The molecule has 0 saturated carbocycles. The van der Waals surface area contributed by atoms with Crippen molar-refractivity contribution in [2.75, 3.05) is 18.6 Å². The maximum Gasteiger partial charge on any atom is 0.307 e. The molecule has 0 aliphatic carbocycles. The summed E-state index contributed by atoms with van der Waals surface area (Å²) in [7, 11) is 1.44. The predicted molar refractivity (Wildman–Crippen MR) is 61.3 cm³/mol. The molecule has 0 bridgehead atoms. The summed E-state index contributed by atoms with van der Waals surface area (Å²) in [4.78, 5) is 10.8. The van der Waals surface area contributed by atoms with Gasteiger partial charge in [0.25, 0.3) is 0 Å². The molecule has 0 N–H and O–H groups in total. The van der Waals surface area contributed by atoms with E-state index in [1.165, 1.54) is 25.0 Å². The third kappa shape index (κ3) is 6.27. The summed E-state index contributed by atoms with van der Waals surface area (Å²) in [5.41, 5.74) is 0. The molecule has 0 atom stereocenters. The highest BCUT2D eigenvalue weighted by Crippen LogP contribution is 2.32. The first kappa shape index (κ1) is 13.2. The van der Waals surface area contributed by atoms with Gasteiger partial charge in [0.2, 0.25) is 0 Å². The summed E-state index contributed by atoms with van der Waals surface area (Å²) < 4.78 is 5.03. The Hall–Kier alpha value is 0.170. The van der Waals surface area contributed by atoms with E-state index in [4.69, 9.17) is 0 Å². The Balaban J connectivity index is 0.000000671. The van der Waals surface area contributed by atoms with Crippen molar-refractivity contribution >= 4 is 29.5 Å². The maximum atomic E-state index is 10.8. The third-order valence-electron chi connectivity index (χ3n) is 1.46. The second kappa shape index (κ2) is 8.75. The van der Waals surface area contributed by atoms with Gasteiger partial charge in [0, 0.05) is 0 Å². The molecule has 0 amide bonds. The zero-order chi connectivity index (χ0) is 10.1. The average Bonchev–Trinajstić information content (AvgIpc) is 2.22. The molecule has 0 radical (unpaired) electrons. The van der Waals surface area contributed by atoms with Crippen molar-refractivity contribution < 1.29 is 9.53 Å². The molecule has 13 heavy (non-hydrogen) atoms. The molecule has 1 heterocycles. The van der Waals surface area contributed by atoms with E-state index in [9.17, 15) is 4.79 Å². The van der Waals surface area contributed by atoms with Crippen LogP contribution in [0.15, 0.2) is 0 Å². The van der Waals surface area contributed by atoms with E-state index < -0.39 is 0 Å². The summed E-state index contributed by atoms with van der Waals surface area (Å²) in [6.45, 7) is 4.00. The predicted octanol–water partition coefficient (Wildman–Crippen LogP) is 2.77. The lowest BCUT2D eigenvalue weighted by atomic mass is 10.5. The first-order valence-electron chi connectivity index (χ1n) is 4.63. The van der Waals surface area contributed by atoms with Crippen LogP contribution in [0, 0.1) is 0 Å². The Morgan fingerprint density at radius 1 is 1.38 bits per heavy atom. The largest absolute Gasteiger partial charge is 0.469 e. The quantitative estimate of drug-likeness (QED) is 0.671. The van der Waals surface area contributed by atoms with Crippen LogP contribution in [-0.4, -0.2) is 29.2 Å². The fourth-order valence-electron chi connectivity index (χ4n) is 0.874. The summed E-state index contributed by atoms with van der Waals surface area (Å²) in [5.74, 6) is 2.29. The molecule has 0 aromatic rings. The van der Waals surface area contributed by atoms with E-state index in [1.54, 1.807) is 0 Å². The van der Waals surface area contributed by atoms with Crippen LogP contribution in [0.3, 0.4) is 0 Å². The third-order valence-corrected chi connectivity index (χ3v) is 4.40. The van der Waals surface area contributed by atoms with Crippen LogP contribution >= 0.6 is 23.5 Å². The number of hydrogen-bond acceptors (Lipinski definition) is 4. The summed E-state index contributed by atoms with van der Waals surface area (Å²) in [6, 6.07) is 0. The van der Waals surface area contributed by atoms with E-state index in [0.29, 0.717) is 11.0 Å². The average molecular weight is 222 g/mol. The van der Waals surface area contributed by atoms with Gasteiger partial charge in [-0.15, -0.1) is 23.5 Å². The molecular formula is C9H18O2S2. The highest BCUT2D eigenvalue weighted by atomic mass is 32.2. The Morgan fingerprint density at radius 3 is 2.38 bits per heavy atom. The van der Waals surface area contributed by atoms with E-state index >= 15 is 0 Å². The maximum absolute atomic E-state index is 10.8. The van der Waals surface area contributed by atoms with E-state index in [2.05, 4.69) is 4.74 Å². The fraction of sp³-hybridized carbons (Fsp3) is 0.889. The minimum atomic E-state index is -0.0862. The van der Waals surface area contributed by atoms with Gasteiger partial charge >= 0.3 is 5.97 Å². The second-order valence-electron chi connectivity index (χ2n) is 2.30. The molecule has 0 unspecified atom stereocenters. The Morgan fingerprint density at radius 2 is 1.92 bits per heavy atom. The molecule has 0 aromatic heterocycles. The number of esters is 1. The smallest absolute Gasteiger partial charge is 0.307 e. The van der Waals surface area contributed by atoms with Crippen LogP contribution < -0.4 is 0 Å². The van der Waals surface area contributed by atoms with Crippen molar-refractivity contribution in [2.45, 2.75) is 31.3 Å². The lowest BCUT2D eigenvalue weighted by Gasteiger charge is -2.19.